The van der Waals surface area contributed by atoms with Crippen LogP contribution in [0.25, 0.3) is 0 Å². The van der Waals surface area contributed by atoms with Crippen LogP contribution in [-0.4, -0.2) is 21.8 Å². The molecule has 1 aromatic heterocycles. The summed E-state index contributed by atoms with van der Waals surface area (Å²) >= 11 is 0. The van der Waals surface area contributed by atoms with Crippen LogP contribution < -0.4 is 10.6 Å². The summed E-state index contributed by atoms with van der Waals surface area (Å²) in [5.41, 5.74) is 3.76. The molecule has 3 rings (SSSR count). The number of aryl methyl sites for hydroxylation is 1. The molecule has 0 saturated heterocycles. The standard InChI is InChI=1S/C23H24N4O2/c1-15(2)17-8-10-19(11-9-17)26-23(29)21(18-6-4-16(3)5-7-18)27-22(28)20-14-24-12-13-25-20/h4-15,21H,1-3H3,(H,26,29)(H,27,28). The van der Waals surface area contributed by atoms with Crippen LogP contribution >= 0.6 is 0 Å². The van der Waals surface area contributed by atoms with E-state index in [0.29, 0.717) is 17.2 Å². The number of carbonyl (C=O) groups is 2. The van der Waals surface area contributed by atoms with E-state index in [1.165, 1.54) is 24.2 Å². The molecule has 1 heterocycles. The fourth-order valence-electron chi connectivity index (χ4n) is 2.85. The van der Waals surface area contributed by atoms with Crippen LogP contribution in [0.3, 0.4) is 0 Å². The molecule has 0 saturated carbocycles. The number of nitrogens with one attached hydrogen (secondary N) is 2. The summed E-state index contributed by atoms with van der Waals surface area (Å²) in [4.78, 5) is 33.5. The first-order valence-corrected chi connectivity index (χ1v) is 9.48. The van der Waals surface area contributed by atoms with E-state index in [9.17, 15) is 9.59 Å². The first-order chi connectivity index (χ1) is 13.9. The minimum absolute atomic E-state index is 0.152. The highest BCUT2D eigenvalue weighted by molar-refractivity contribution is 6.00. The Morgan fingerprint density at radius 3 is 2.14 bits per heavy atom. The van der Waals surface area contributed by atoms with Crippen LogP contribution in [0.5, 0.6) is 0 Å². The molecule has 0 aliphatic rings. The Kier molecular flexibility index (Phi) is 6.34. The molecule has 2 aromatic carbocycles. The third-order valence-electron chi connectivity index (χ3n) is 4.59. The Balaban J connectivity index is 1.82. The number of amides is 2. The lowest BCUT2D eigenvalue weighted by Crippen LogP contribution is -2.37. The van der Waals surface area contributed by atoms with Gasteiger partial charge in [-0.3, -0.25) is 14.6 Å². The van der Waals surface area contributed by atoms with Crippen molar-refractivity contribution in [2.45, 2.75) is 32.7 Å². The predicted octanol–water partition coefficient (Wildman–Crippen LogP) is 4.02. The van der Waals surface area contributed by atoms with Gasteiger partial charge in [0.1, 0.15) is 11.7 Å². The molecule has 6 heteroatoms. The molecule has 0 aliphatic heterocycles. The second-order valence-electron chi connectivity index (χ2n) is 7.17. The molecule has 1 unspecified atom stereocenters. The number of anilines is 1. The Bertz CT molecular complexity index is 968. The molecule has 2 amide bonds. The van der Waals surface area contributed by atoms with Crippen LogP contribution in [-0.2, 0) is 4.79 Å². The summed E-state index contributed by atoms with van der Waals surface area (Å²) in [5, 5.41) is 5.65. The Labute approximate surface area is 170 Å². The van der Waals surface area contributed by atoms with Crippen molar-refractivity contribution in [1.29, 1.82) is 0 Å². The van der Waals surface area contributed by atoms with Crippen LogP contribution in [0.1, 0.15) is 53.0 Å². The van der Waals surface area contributed by atoms with E-state index in [1.807, 2.05) is 55.5 Å². The number of aromatic nitrogens is 2. The smallest absolute Gasteiger partial charge is 0.272 e. The second-order valence-corrected chi connectivity index (χ2v) is 7.17. The van der Waals surface area contributed by atoms with Crippen molar-refractivity contribution >= 4 is 17.5 Å². The van der Waals surface area contributed by atoms with Gasteiger partial charge < -0.3 is 10.6 Å². The van der Waals surface area contributed by atoms with Gasteiger partial charge in [0.25, 0.3) is 11.8 Å². The highest BCUT2D eigenvalue weighted by Gasteiger charge is 2.24. The fraction of sp³-hybridized carbons (Fsp3) is 0.217. The molecule has 3 aromatic rings. The van der Waals surface area contributed by atoms with Gasteiger partial charge in [0, 0.05) is 18.1 Å². The van der Waals surface area contributed by atoms with Crippen molar-refractivity contribution in [1.82, 2.24) is 15.3 Å². The van der Waals surface area contributed by atoms with E-state index >= 15 is 0 Å². The van der Waals surface area contributed by atoms with Crippen molar-refractivity contribution in [2.24, 2.45) is 0 Å². The molecule has 6 nitrogen and oxygen atoms in total. The van der Waals surface area contributed by atoms with E-state index in [-0.39, 0.29) is 11.6 Å². The molecule has 0 spiro atoms. The first-order valence-electron chi connectivity index (χ1n) is 9.48. The Hall–Kier alpha value is -3.54. The molecular weight excluding hydrogens is 364 g/mol. The molecule has 0 fully saturated rings. The number of carbonyl (C=O) groups excluding carboxylic acids is 2. The monoisotopic (exact) mass is 388 g/mol. The molecule has 29 heavy (non-hydrogen) atoms. The van der Waals surface area contributed by atoms with Gasteiger partial charge in [0.05, 0.1) is 6.20 Å². The van der Waals surface area contributed by atoms with Gasteiger partial charge in [0.15, 0.2) is 0 Å². The quantitative estimate of drug-likeness (QED) is 0.668. The minimum atomic E-state index is -0.866. The molecule has 1 atom stereocenters. The maximum absolute atomic E-state index is 13.0. The predicted molar refractivity (Wildman–Crippen MR) is 113 cm³/mol. The molecule has 0 radical (unpaired) electrons. The fourth-order valence-corrected chi connectivity index (χ4v) is 2.85. The maximum Gasteiger partial charge on any atom is 0.272 e. The topological polar surface area (TPSA) is 84.0 Å². The molecule has 0 aliphatic carbocycles. The van der Waals surface area contributed by atoms with Crippen molar-refractivity contribution < 1.29 is 9.59 Å². The summed E-state index contributed by atoms with van der Waals surface area (Å²) in [6.07, 6.45) is 4.29. The van der Waals surface area contributed by atoms with Crippen LogP contribution in [0.15, 0.2) is 67.1 Å². The van der Waals surface area contributed by atoms with Gasteiger partial charge in [-0.15, -0.1) is 0 Å². The van der Waals surface area contributed by atoms with Crippen molar-refractivity contribution in [3.63, 3.8) is 0 Å². The normalized spacial score (nSPS) is 11.7. The number of nitrogens with zero attached hydrogens (tertiary/aromatic N) is 2. The summed E-state index contributed by atoms with van der Waals surface area (Å²) in [6, 6.07) is 14.3. The third kappa shape index (κ3) is 5.25. The second kappa shape index (κ2) is 9.10. The van der Waals surface area contributed by atoms with Gasteiger partial charge >= 0.3 is 0 Å². The van der Waals surface area contributed by atoms with Gasteiger partial charge in [0.2, 0.25) is 0 Å². The average Bonchev–Trinajstić information content (AvgIpc) is 2.73. The lowest BCUT2D eigenvalue weighted by atomic mass is 10.0. The van der Waals surface area contributed by atoms with Gasteiger partial charge in [-0.25, -0.2) is 4.98 Å². The Morgan fingerprint density at radius 2 is 1.55 bits per heavy atom. The number of hydrogen-bond donors (Lipinski definition) is 2. The van der Waals surface area contributed by atoms with Gasteiger partial charge in [-0.05, 0) is 36.1 Å². The zero-order valence-corrected chi connectivity index (χ0v) is 16.7. The highest BCUT2D eigenvalue weighted by Crippen LogP contribution is 2.20. The lowest BCUT2D eigenvalue weighted by Gasteiger charge is -2.19. The summed E-state index contributed by atoms with van der Waals surface area (Å²) in [6.45, 7) is 6.19. The van der Waals surface area contributed by atoms with E-state index in [1.54, 1.807) is 0 Å². The van der Waals surface area contributed by atoms with Crippen molar-refractivity contribution in [2.75, 3.05) is 5.32 Å². The summed E-state index contributed by atoms with van der Waals surface area (Å²) in [5.74, 6) is -0.385. The lowest BCUT2D eigenvalue weighted by molar-refractivity contribution is -0.118. The van der Waals surface area contributed by atoms with Crippen molar-refractivity contribution in [3.05, 3.63) is 89.5 Å². The zero-order valence-electron chi connectivity index (χ0n) is 16.7. The third-order valence-corrected chi connectivity index (χ3v) is 4.59. The summed E-state index contributed by atoms with van der Waals surface area (Å²) in [7, 11) is 0. The number of rotatable bonds is 6. The molecule has 2 N–H and O–H groups in total. The number of benzene rings is 2. The summed E-state index contributed by atoms with van der Waals surface area (Å²) < 4.78 is 0. The minimum Gasteiger partial charge on any atom is -0.335 e. The Morgan fingerprint density at radius 1 is 0.897 bits per heavy atom. The van der Waals surface area contributed by atoms with Crippen molar-refractivity contribution in [3.8, 4) is 0 Å². The van der Waals surface area contributed by atoms with Crippen LogP contribution in [0.4, 0.5) is 5.69 Å². The maximum atomic E-state index is 13.0. The van der Waals surface area contributed by atoms with E-state index < -0.39 is 11.9 Å². The molecule has 148 valence electrons. The van der Waals surface area contributed by atoms with E-state index in [0.717, 1.165) is 5.56 Å². The SMILES string of the molecule is Cc1ccc(C(NC(=O)c2cnccn2)C(=O)Nc2ccc(C(C)C)cc2)cc1. The van der Waals surface area contributed by atoms with Crippen LogP contribution in [0.2, 0.25) is 0 Å². The molecular formula is C23H24N4O2. The largest absolute Gasteiger partial charge is 0.335 e. The first kappa shape index (κ1) is 20.2. The van der Waals surface area contributed by atoms with E-state index in [2.05, 4.69) is 34.4 Å². The van der Waals surface area contributed by atoms with Gasteiger partial charge in [-0.2, -0.15) is 0 Å². The molecule has 0 bridgehead atoms. The number of hydrogen-bond acceptors (Lipinski definition) is 4. The van der Waals surface area contributed by atoms with Gasteiger partial charge in [-0.1, -0.05) is 55.8 Å². The van der Waals surface area contributed by atoms with E-state index in [4.69, 9.17) is 0 Å². The average molecular weight is 388 g/mol. The van der Waals surface area contributed by atoms with Crippen LogP contribution in [0, 0.1) is 6.92 Å². The highest BCUT2D eigenvalue weighted by atomic mass is 16.2. The zero-order chi connectivity index (χ0) is 20.8.